The summed E-state index contributed by atoms with van der Waals surface area (Å²) in [4.78, 5) is 20.6. The highest BCUT2D eigenvalue weighted by molar-refractivity contribution is 7.91. The van der Waals surface area contributed by atoms with Crippen LogP contribution in [0.25, 0.3) is 22.6 Å². The lowest BCUT2D eigenvalue weighted by molar-refractivity contribution is -0.141. The van der Waals surface area contributed by atoms with Crippen molar-refractivity contribution in [1.29, 1.82) is 0 Å². The second-order valence-corrected chi connectivity index (χ2v) is 8.71. The Balaban J connectivity index is 2.01. The van der Waals surface area contributed by atoms with Crippen LogP contribution in [-0.2, 0) is 20.8 Å². The van der Waals surface area contributed by atoms with E-state index in [2.05, 4.69) is 20.2 Å². The minimum Gasteiger partial charge on any atom is -0.461 e. The zero-order valence-corrected chi connectivity index (χ0v) is 17.5. The number of ether oxygens (including phenoxy) is 1. The number of fused-ring (bicyclic) bond motifs is 2. The fourth-order valence-electron chi connectivity index (χ4n) is 3.02. The summed E-state index contributed by atoms with van der Waals surface area (Å²) in [6.07, 6.45) is -2.19. The van der Waals surface area contributed by atoms with Gasteiger partial charge in [0.05, 0.1) is 23.6 Å². The molecule has 168 valence electrons. The second-order valence-electron chi connectivity index (χ2n) is 6.51. The topological polar surface area (TPSA) is 121 Å². The van der Waals surface area contributed by atoms with Gasteiger partial charge < -0.3 is 4.74 Å². The maximum atomic E-state index is 13.0. The second kappa shape index (κ2) is 7.55. The Labute approximate surface area is 178 Å². The highest BCUT2D eigenvalue weighted by Crippen LogP contribution is 2.32. The smallest absolute Gasteiger partial charge is 0.435 e. The van der Waals surface area contributed by atoms with Gasteiger partial charge in [0.25, 0.3) is 0 Å². The summed E-state index contributed by atoms with van der Waals surface area (Å²) in [5, 5.41) is 7.10. The third-order valence-electron chi connectivity index (χ3n) is 4.52. The maximum absolute atomic E-state index is 13.0. The Bertz CT molecular complexity index is 1460. The molecule has 14 heteroatoms. The van der Waals surface area contributed by atoms with Gasteiger partial charge in [-0.3, -0.25) is 0 Å². The number of nitrogens with zero attached hydrogens (tertiary/aromatic N) is 6. The largest absolute Gasteiger partial charge is 0.461 e. The van der Waals surface area contributed by atoms with Crippen LogP contribution in [0.2, 0.25) is 0 Å². The van der Waals surface area contributed by atoms with Crippen molar-refractivity contribution in [2.45, 2.75) is 25.0 Å². The van der Waals surface area contributed by atoms with Gasteiger partial charge in [-0.05, 0) is 19.1 Å². The van der Waals surface area contributed by atoms with E-state index in [1.165, 1.54) is 31.5 Å². The molecule has 0 saturated heterocycles. The van der Waals surface area contributed by atoms with Gasteiger partial charge in [-0.15, -0.1) is 0 Å². The maximum Gasteiger partial charge on any atom is 0.435 e. The summed E-state index contributed by atoms with van der Waals surface area (Å²) in [7, 11) is -3.93. The Morgan fingerprint density at radius 2 is 1.94 bits per heavy atom. The van der Waals surface area contributed by atoms with Crippen molar-refractivity contribution in [3.8, 4) is 11.3 Å². The number of esters is 1. The molecule has 0 aliphatic carbocycles. The highest BCUT2D eigenvalue weighted by atomic mass is 32.2. The van der Waals surface area contributed by atoms with Crippen LogP contribution in [0, 0.1) is 0 Å². The van der Waals surface area contributed by atoms with Gasteiger partial charge in [0.2, 0.25) is 0 Å². The van der Waals surface area contributed by atoms with Crippen LogP contribution in [-0.4, -0.2) is 55.9 Å². The molecule has 4 aromatic heterocycles. The molecule has 0 N–H and O–H groups in total. The van der Waals surface area contributed by atoms with Gasteiger partial charge in [-0.25, -0.2) is 32.2 Å². The number of aromatic nitrogens is 6. The highest BCUT2D eigenvalue weighted by Gasteiger charge is 2.35. The van der Waals surface area contributed by atoms with Crippen molar-refractivity contribution >= 4 is 27.1 Å². The molecule has 4 aromatic rings. The predicted octanol–water partition coefficient (Wildman–Crippen LogP) is 2.43. The average molecular weight is 468 g/mol. The zero-order valence-electron chi connectivity index (χ0n) is 16.7. The molecule has 0 amide bonds. The zero-order chi connectivity index (χ0) is 23.3. The van der Waals surface area contributed by atoms with Crippen LogP contribution < -0.4 is 0 Å². The summed E-state index contributed by atoms with van der Waals surface area (Å²) in [5.74, 6) is -1.06. The van der Waals surface area contributed by atoms with Gasteiger partial charge >= 0.3 is 12.1 Å². The molecule has 0 bridgehead atoms. The Morgan fingerprint density at radius 3 is 2.59 bits per heavy atom. The van der Waals surface area contributed by atoms with E-state index in [1.807, 2.05) is 0 Å². The molecule has 0 aliphatic rings. The molecule has 0 aliphatic heterocycles. The first-order chi connectivity index (χ1) is 15.1. The van der Waals surface area contributed by atoms with Gasteiger partial charge in [0.1, 0.15) is 0 Å². The predicted molar refractivity (Wildman–Crippen MR) is 104 cm³/mol. The first-order valence-corrected chi connectivity index (χ1v) is 10.9. The molecule has 0 atom stereocenters. The molecule has 4 heterocycles. The van der Waals surface area contributed by atoms with Gasteiger partial charge in [-0.1, -0.05) is 6.92 Å². The number of carbonyl (C=O) groups excluding carboxylic acids is 1. The van der Waals surface area contributed by atoms with E-state index in [0.717, 1.165) is 15.1 Å². The number of hydrogen-bond acceptors (Lipinski definition) is 8. The monoisotopic (exact) mass is 468 g/mol. The van der Waals surface area contributed by atoms with E-state index in [-0.39, 0.29) is 40.6 Å². The molecule has 0 unspecified atom stereocenters. The fourth-order valence-corrected chi connectivity index (χ4v) is 4.01. The van der Waals surface area contributed by atoms with Crippen molar-refractivity contribution in [3.63, 3.8) is 0 Å². The molecular formula is C18H15F3N6O4S. The molecule has 0 aromatic carbocycles. The fraction of sp³-hybridized carbons (Fsp3) is 0.278. The van der Waals surface area contributed by atoms with E-state index in [9.17, 15) is 26.4 Å². The van der Waals surface area contributed by atoms with Crippen LogP contribution in [0.3, 0.4) is 0 Å². The van der Waals surface area contributed by atoms with Crippen LogP contribution in [0.1, 0.15) is 30.0 Å². The van der Waals surface area contributed by atoms with Crippen LogP contribution in [0.5, 0.6) is 0 Å². The number of halogens is 3. The number of sulfone groups is 1. The quantitative estimate of drug-likeness (QED) is 0.410. The minimum absolute atomic E-state index is 0.00154. The Hall–Kier alpha value is -3.55. The summed E-state index contributed by atoms with van der Waals surface area (Å²) >= 11 is 0. The van der Waals surface area contributed by atoms with E-state index >= 15 is 0 Å². The SMILES string of the molecule is CCOC(=O)c1ccnc2c(-c3ccn4nc(C(F)(F)F)cc4n3)c(S(=O)(=O)CC)nn12. The van der Waals surface area contributed by atoms with E-state index < -0.39 is 32.7 Å². The molecule has 0 spiro atoms. The number of hydrogen-bond donors (Lipinski definition) is 0. The van der Waals surface area contributed by atoms with E-state index in [1.54, 1.807) is 6.92 Å². The number of carbonyl (C=O) groups is 1. The lowest BCUT2D eigenvalue weighted by Gasteiger charge is -2.04. The summed E-state index contributed by atoms with van der Waals surface area (Å²) < 4.78 is 71.5. The van der Waals surface area contributed by atoms with Crippen LogP contribution in [0.15, 0.2) is 35.6 Å². The third kappa shape index (κ3) is 3.55. The van der Waals surface area contributed by atoms with Crippen LogP contribution in [0.4, 0.5) is 13.2 Å². The summed E-state index contributed by atoms with van der Waals surface area (Å²) in [6.45, 7) is 3.10. The lowest BCUT2D eigenvalue weighted by atomic mass is 10.2. The van der Waals surface area contributed by atoms with Crippen molar-refractivity contribution in [2.24, 2.45) is 0 Å². The molecule has 32 heavy (non-hydrogen) atoms. The van der Waals surface area contributed by atoms with Crippen molar-refractivity contribution in [2.75, 3.05) is 12.4 Å². The van der Waals surface area contributed by atoms with Gasteiger partial charge in [0.15, 0.2) is 37.5 Å². The summed E-state index contributed by atoms with van der Waals surface area (Å²) in [5.41, 5.74) is -1.44. The Kier molecular flexibility index (Phi) is 5.11. The molecule has 0 saturated carbocycles. The van der Waals surface area contributed by atoms with Crippen molar-refractivity contribution in [3.05, 3.63) is 42.0 Å². The van der Waals surface area contributed by atoms with Crippen LogP contribution >= 0.6 is 0 Å². The van der Waals surface area contributed by atoms with Gasteiger partial charge in [0, 0.05) is 18.5 Å². The number of rotatable bonds is 5. The third-order valence-corrected chi connectivity index (χ3v) is 6.15. The van der Waals surface area contributed by atoms with Crippen molar-refractivity contribution in [1.82, 2.24) is 29.2 Å². The molecule has 0 fully saturated rings. The summed E-state index contributed by atoms with van der Waals surface area (Å²) in [6, 6.07) is 3.35. The van der Waals surface area contributed by atoms with Crippen molar-refractivity contribution < 1.29 is 31.1 Å². The first-order valence-electron chi connectivity index (χ1n) is 9.28. The molecule has 4 rings (SSSR count). The average Bonchev–Trinajstić information content (AvgIpc) is 3.35. The number of alkyl halides is 3. The Morgan fingerprint density at radius 1 is 1.19 bits per heavy atom. The molecule has 10 nitrogen and oxygen atoms in total. The van der Waals surface area contributed by atoms with E-state index in [4.69, 9.17) is 4.74 Å². The van der Waals surface area contributed by atoms with E-state index in [0.29, 0.717) is 0 Å². The minimum atomic E-state index is -4.68. The first kappa shape index (κ1) is 21.7. The normalized spacial score (nSPS) is 12.5. The standard InChI is InChI=1S/C18H15F3N6O4S/c1-3-31-17(28)11-5-7-22-15-14(16(25-27(11)15)32(29,30)4-2)10-6-8-26-13(23-10)9-12(24-26)18(19,20)21/h5-9H,3-4H2,1-2H3. The van der Waals surface area contributed by atoms with Gasteiger partial charge in [-0.2, -0.15) is 23.4 Å². The molecule has 0 radical (unpaired) electrons. The lowest BCUT2D eigenvalue weighted by Crippen LogP contribution is -2.12. The molecular weight excluding hydrogens is 453 g/mol.